The van der Waals surface area contributed by atoms with Crippen LogP contribution in [0.2, 0.25) is 0 Å². The number of hydrogen-bond donors (Lipinski definition) is 0. The second kappa shape index (κ2) is 20.5. The summed E-state index contributed by atoms with van der Waals surface area (Å²) < 4.78 is 0. The minimum atomic E-state index is 1.04. The summed E-state index contributed by atoms with van der Waals surface area (Å²) in [5, 5.41) is 11.5. The van der Waals surface area contributed by atoms with E-state index in [2.05, 4.69) is 337 Å². The van der Waals surface area contributed by atoms with Gasteiger partial charge in [-0.2, -0.15) is 0 Å². The Morgan fingerprint density at radius 1 is 0.188 bits per heavy atom. The van der Waals surface area contributed by atoms with Gasteiger partial charge in [0.15, 0.2) is 0 Å². The lowest BCUT2D eigenvalue weighted by Crippen LogP contribution is -2.16. The van der Waals surface area contributed by atoms with E-state index in [0.717, 1.165) is 89.8 Å². The van der Waals surface area contributed by atoms with Gasteiger partial charge in [-0.1, -0.05) is 199 Å². The highest BCUT2D eigenvalue weighted by atomic mass is 15.2. The third kappa shape index (κ3) is 8.79. The molecule has 0 aromatic heterocycles. The summed E-state index contributed by atoms with van der Waals surface area (Å²) in [5.41, 5.74) is 15.2. The summed E-state index contributed by atoms with van der Waals surface area (Å²) in [7, 11) is 0. The lowest BCUT2D eigenvalue weighted by atomic mass is 9.93. The molecule has 14 aromatic carbocycles. The molecule has 0 saturated heterocycles. The van der Waals surface area contributed by atoms with Crippen molar-refractivity contribution in [1.29, 1.82) is 0 Å². The maximum Gasteiger partial charge on any atom is 0.0620 e. The highest BCUT2D eigenvalue weighted by Gasteiger charge is 2.29. The summed E-state index contributed by atoms with van der Waals surface area (Å²) in [6.07, 6.45) is 0. The predicted molar refractivity (Wildman–Crippen MR) is 342 cm³/mol. The van der Waals surface area contributed by atoms with Gasteiger partial charge in [-0.05, 0) is 156 Å². The van der Waals surface area contributed by atoms with Gasteiger partial charge < -0.3 is 19.6 Å². The minimum Gasteiger partial charge on any atom is -0.310 e. The molecule has 80 heavy (non-hydrogen) atoms. The highest BCUT2D eigenvalue weighted by Crippen LogP contribution is 2.54. The summed E-state index contributed by atoms with van der Waals surface area (Å²) in [6.45, 7) is 4.33. The zero-order chi connectivity index (χ0) is 53.5. The van der Waals surface area contributed by atoms with Gasteiger partial charge >= 0.3 is 0 Å². The quantitative estimate of drug-likeness (QED) is 0.0893. The molecule has 0 N–H and O–H groups in total. The fourth-order valence-corrected chi connectivity index (χ4v) is 11.8. The van der Waals surface area contributed by atoms with Gasteiger partial charge in [-0.15, -0.1) is 0 Å². The summed E-state index contributed by atoms with van der Waals surface area (Å²) >= 11 is 0. The molecule has 0 aliphatic heterocycles. The van der Waals surface area contributed by atoms with E-state index in [1.54, 1.807) is 0 Å². The van der Waals surface area contributed by atoms with E-state index in [1.807, 2.05) is 0 Å². The van der Waals surface area contributed by atoms with Crippen LogP contribution in [-0.2, 0) is 0 Å². The molecule has 14 rings (SSSR count). The number of fused-ring (bicyclic) bond motifs is 5. The van der Waals surface area contributed by atoms with Crippen molar-refractivity contribution in [2.24, 2.45) is 0 Å². The largest absolute Gasteiger partial charge is 0.310 e. The third-order valence-electron chi connectivity index (χ3n) is 15.6. The van der Waals surface area contributed by atoms with Crippen LogP contribution in [0, 0.1) is 13.8 Å². The topological polar surface area (TPSA) is 13.0 Å². The molecule has 0 fully saturated rings. The van der Waals surface area contributed by atoms with Crippen LogP contribution in [-0.4, -0.2) is 0 Å². The number of anilines is 12. The number of nitrogens with zero attached hydrogens (tertiary/aromatic N) is 4. The summed E-state index contributed by atoms with van der Waals surface area (Å²) in [6, 6.07) is 111. The zero-order valence-corrected chi connectivity index (χ0v) is 44.7. The molecular weight excluding hydrogens is 969 g/mol. The average Bonchev–Trinajstić information content (AvgIpc) is 3.66. The molecule has 0 atom stereocenters. The van der Waals surface area contributed by atoms with Gasteiger partial charge in [-0.25, -0.2) is 0 Å². The van der Waals surface area contributed by atoms with Crippen molar-refractivity contribution in [1.82, 2.24) is 0 Å². The number of para-hydroxylation sites is 3. The molecule has 0 heterocycles. The van der Waals surface area contributed by atoms with E-state index in [9.17, 15) is 0 Å². The molecule has 0 bridgehead atoms. The fourth-order valence-electron chi connectivity index (χ4n) is 11.8. The van der Waals surface area contributed by atoms with Gasteiger partial charge in [-0.3, -0.25) is 0 Å². The van der Waals surface area contributed by atoms with Crippen LogP contribution in [0.5, 0.6) is 0 Å². The molecular formula is C76H56N4. The first-order chi connectivity index (χ1) is 39.5. The van der Waals surface area contributed by atoms with Crippen molar-refractivity contribution in [2.45, 2.75) is 13.8 Å². The molecule has 0 saturated carbocycles. The summed E-state index contributed by atoms with van der Waals surface area (Å²) in [4.78, 5) is 9.82. The van der Waals surface area contributed by atoms with Crippen molar-refractivity contribution < 1.29 is 0 Å². The van der Waals surface area contributed by atoms with Crippen LogP contribution in [0.1, 0.15) is 11.1 Å². The Morgan fingerprint density at radius 2 is 0.525 bits per heavy atom. The van der Waals surface area contributed by atoms with Gasteiger partial charge in [0.1, 0.15) is 0 Å². The maximum absolute atomic E-state index is 2.51. The first kappa shape index (κ1) is 48.0. The second-order valence-electron chi connectivity index (χ2n) is 20.7. The molecule has 0 amide bonds. The standard InChI is InChI=1S/C76H56N4/c1-53-33-39-63(40-34-53)79(62-29-10-5-11-30-62)75-70-48-46-68(78(61-27-8-4-9-28-61)74-32-18-24-57-21-16-17-31-69(57)74)52-73(70)76(80(64-41-35-54(2)36-42-64)66-44-38-56-20-13-15-23-59(56)50-66)71-47-45-67(51-72(71)75)77(60-25-6-3-7-26-60)65-43-37-55-19-12-14-22-58(55)49-65/h3-52H,1-2H3. The van der Waals surface area contributed by atoms with E-state index in [0.29, 0.717) is 0 Å². The van der Waals surface area contributed by atoms with Crippen LogP contribution >= 0.6 is 0 Å². The second-order valence-corrected chi connectivity index (χ2v) is 20.7. The van der Waals surface area contributed by atoms with Crippen LogP contribution in [0.15, 0.2) is 303 Å². The molecule has 0 unspecified atom stereocenters. The van der Waals surface area contributed by atoms with Crippen LogP contribution in [0.25, 0.3) is 53.9 Å². The molecule has 0 spiro atoms. The first-order valence-electron chi connectivity index (χ1n) is 27.5. The Morgan fingerprint density at radius 3 is 1.04 bits per heavy atom. The minimum absolute atomic E-state index is 1.04. The first-order valence-corrected chi connectivity index (χ1v) is 27.5. The normalized spacial score (nSPS) is 11.4. The van der Waals surface area contributed by atoms with Gasteiger partial charge in [0.25, 0.3) is 0 Å². The Hall–Kier alpha value is -10.4. The van der Waals surface area contributed by atoms with Gasteiger partial charge in [0, 0.05) is 78.1 Å². The Bertz CT molecular complexity index is 4550. The van der Waals surface area contributed by atoms with E-state index >= 15 is 0 Å². The smallest absolute Gasteiger partial charge is 0.0620 e. The number of aryl methyl sites for hydroxylation is 2. The third-order valence-corrected chi connectivity index (χ3v) is 15.6. The molecule has 4 nitrogen and oxygen atoms in total. The van der Waals surface area contributed by atoms with E-state index in [-0.39, 0.29) is 0 Å². The zero-order valence-electron chi connectivity index (χ0n) is 44.7. The van der Waals surface area contributed by atoms with E-state index in [4.69, 9.17) is 0 Å². The van der Waals surface area contributed by atoms with Crippen molar-refractivity contribution in [2.75, 3.05) is 19.6 Å². The van der Waals surface area contributed by atoms with E-state index < -0.39 is 0 Å². The molecule has 4 heteroatoms. The molecule has 0 radical (unpaired) electrons. The molecule has 0 aliphatic carbocycles. The van der Waals surface area contributed by atoms with Crippen molar-refractivity contribution >= 4 is 122 Å². The van der Waals surface area contributed by atoms with Crippen molar-refractivity contribution in [3.63, 3.8) is 0 Å². The Balaban J connectivity index is 1.15. The van der Waals surface area contributed by atoms with Crippen LogP contribution in [0.4, 0.5) is 68.2 Å². The van der Waals surface area contributed by atoms with Crippen LogP contribution in [0.3, 0.4) is 0 Å². The number of rotatable bonds is 12. The van der Waals surface area contributed by atoms with Gasteiger partial charge in [0.2, 0.25) is 0 Å². The molecule has 0 aliphatic rings. The maximum atomic E-state index is 2.51. The molecule has 14 aromatic rings. The fraction of sp³-hybridized carbons (Fsp3) is 0.0263. The number of benzene rings is 14. The van der Waals surface area contributed by atoms with Crippen LogP contribution < -0.4 is 19.6 Å². The highest BCUT2D eigenvalue weighted by molar-refractivity contribution is 6.25. The van der Waals surface area contributed by atoms with Crippen molar-refractivity contribution in [3.8, 4) is 0 Å². The van der Waals surface area contributed by atoms with Crippen molar-refractivity contribution in [3.05, 3.63) is 314 Å². The average molecular weight is 1030 g/mol. The lowest BCUT2D eigenvalue weighted by molar-refractivity contribution is 1.27. The number of hydrogen-bond acceptors (Lipinski definition) is 4. The summed E-state index contributed by atoms with van der Waals surface area (Å²) in [5.74, 6) is 0. The lowest BCUT2D eigenvalue weighted by Gasteiger charge is -2.34. The molecule has 380 valence electrons. The monoisotopic (exact) mass is 1020 g/mol. The SMILES string of the molecule is Cc1ccc(N(c2ccccc2)c2c3ccc(N(c4ccccc4)c4cccc5ccccc45)cc3c(N(c3ccc(C)cc3)c3ccc4ccccc4c3)c3ccc(N(c4ccccc4)c4ccc5ccccc5c4)cc23)cc1. The van der Waals surface area contributed by atoms with Gasteiger partial charge in [0.05, 0.1) is 17.1 Å². The van der Waals surface area contributed by atoms with E-state index in [1.165, 1.54) is 43.4 Å². The Labute approximate surface area is 467 Å². The Kier molecular flexibility index (Phi) is 12.3. The predicted octanol–water partition coefficient (Wildman–Crippen LogP) is 21.9.